The largest absolute Gasteiger partial charge is 0.347 e. The number of imidazole rings is 1. The van der Waals surface area contributed by atoms with E-state index in [1.54, 1.807) is 0 Å². The molecule has 1 fully saturated rings. The Balaban J connectivity index is 1.83. The molecule has 0 spiro atoms. The first-order chi connectivity index (χ1) is 7.57. The molecule has 1 unspecified atom stereocenters. The van der Waals surface area contributed by atoms with Crippen molar-refractivity contribution in [2.45, 2.75) is 58.5 Å². The van der Waals surface area contributed by atoms with Gasteiger partial charge in [0.2, 0.25) is 0 Å². The molecule has 0 bridgehead atoms. The van der Waals surface area contributed by atoms with Crippen LogP contribution in [0, 0.1) is 5.41 Å². The summed E-state index contributed by atoms with van der Waals surface area (Å²) in [6.45, 7) is 6.93. The second kappa shape index (κ2) is 4.58. The van der Waals surface area contributed by atoms with Crippen LogP contribution in [-0.4, -0.2) is 16.0 Å². The maximum Gasteiger partial charge on any atom is 0.122 e. The van der Waals surface area contributed by atoms with E-state index in [9.17, 15) is 0 Å². The zero-order valence-electron chi connectivity index (χ0n) is 10.6. The second-order valence-electron chi connectivity index (χ2n) is 5.80. The molecule has 2 N–H and O–H groups in total. The maximum absolute atomic E-state index is 4.29. The lowest BCUT2D eigenvalue weighted by molar-refractivity contribution is 0.199. The van der Waals surface area contributed by atoms with Gasteiger partial charge in [-0.15, -0.1) is 0 Å². The average Bonchev–Trinajstić information content (AvgIpc) is 2.74. The molecule has 16 heavy (non-hydrogen) atoms. The minimum Gasteiger partial charge on any atom is -0.347 e. The van der Waals surface area contributed by atoms with Crippen molar-refractivity contribution in [2.24, 2.45) is 5.41 Å². The van der Waals surface area contributed by atoms with Gasteiger partial charge in [0.05, 0.1) is 6.04 Å². The quantitative estimate of drug-likeness (QED) is 0.823. The van der Waals surface area contributed by atoms with Crippen molar-refractivity contribution in [3.8, 4) is 0 Å². The molecule has 1 aliphatic rings. The monoisotopic (exact) mass is 221 g/mol. The predicted molar refractivity (Wildman–Crippen MR) is 66.2 cm³/mol. The molecular weight excluding hydrogens is 198 g/mol. The first-order valence-corrected chi connectivity index (χ1v) is 6.32. The highest BCUT2D eigenvalue weighted by atomic mass is 15.0. The van der Waals surface area contributed by atoms with E-state index in [0.29, 0.717) is 17.5 Å². The lowest BCUT2D eigenvalue weighted by atomic mass is 9.75. The highest BCUT2D eigenvalue weighted by Gasteiger charge is 2.27. The van der Waals surface area contributed by atoms with Crippen molar-refractivity contribution in [1.82, 2.24) is 15.3 Å². The lowest BCUT2D eigenvalue weighted by Gasteiger charge is -2.35. The fourth-order valence-electron chi connectivity index (χ4n) is 2.51. The van der Waals surface area contributed by atoms with Crippen LogP contribution in [0.3, 0.4) is 0 Å². The highest BCUT2D eigenvalue weighted by Crippen LogP contribution is 2.35. The van der Waals surface area contributed by atoms with Gasteiger partial charge < -0.3 is 10.3 Å². The molecule has 0 saturated heterocycles. The fraction of sp³-hybridized carbons (Fsp3) is 0.769. The van der Waals surface area contributed by atoms with Crippen LogP contribution in [0.4, 0.5) is 0 Å². The van der Waals surface area contributed by atoms with Crippen molar-refractivity contribution in [1.29, 1.82) is 0 Å². The summed E-state index contributed by atoms with van der Waals surface area (Å²) in [7, 11) is 0. The van der Waals surface area contributed by atoms with E-state index < -0.39 is 0 Å². The standard InChI is InChI=1S/C13H23N3/c1-10(12-14-8-9-15-12)16-11-4-6-13(2,3)7-5-11/h8-11,16H,4-7H2,1-3H3,(H,14,15). The van der Waals surface area contributed by atoms with Crippen LogP contribution in [-0.2, 0) is 0 Å². The smallest absolute Gasteiger partial charge is 0.122 e. The first kappa shape index (κ1) is 11.6. The van der Waals surface area contributed by atoms with Gasteiger partial charge in [-0.3, -0.25) is 0 Å². The molecule has 1 aromatic rings. The summed E-state index contributed by atoms with van der Waals surface area (Å²) < 4.78 is 0. The molecule has 1 aliphatic carbocycles. The van der Waals surface area contributed by atoms with Gasteiger partial charge in [-0.2, -0.15) is 0 Å². The first-order valence-electron chi connectivity index (χ1n) is 6.32. The summed E-state index contributed by atoms with van der Waals surface area (Å²) in [4.78, 5) is 7.46. The van der Waals surface area contributed by atoms with Crippen LogP contribution in [0.1, 0.15) is 58.3 Å². The van der Waals surface area contributed by atoms with Gasteiger partial charge in [0.25, 0.3) is 0 Å². The zero-order valence-corrected chi connectivity index (χ0v) is 10.6. The van der Waals surface area contributed by atoms with Crippen LogP contribution in [0.15, 0.2) is 12.4 Å². The van der Waals surface area contributed by atoms with Crippen LogP contribution in [0.5, 0.6) is 0 Å². The van der Waals surface area contributed by atoms with Crippen molar-refractivity contribution in [2.75, 3.05) is 0 Å². The Morgan fingerprint density at radius 3 is 2.69 bits per heavy atom. The number of nitrogens with zero attached hydrogens (tertiary/aromatic N) is 1. The van der Waals surface area contributed by atoms with E-state index in [-0.39, 0.29) is 0 Å². The Morgan fingerprint density at radius 1 is 1.44 bits per heavy atom. The number of nitrogens with one attached hydrogen (secondary N) is 2. The molecule has 90 valence electrons. The molecule has 3 heteroatoms. The van der Waals surface area contributed by atoms with E-state index >= 15 is 0 Å². The van der Waals surface area contributed by atoms with E-state index in [4.69, 9.17) is 0 Å². The Hall–Kier alpha value is -0.830. The summed E-state index contributed by atoms with van der Waals surface area (Å²) in [6, 6.07) is 0.995. The summed E-state index contributed by atoms with van der Waals surface area (Å²) in [5.41, 5.74) is 0.548. The van der Waals surface area contributed by atoms with E-state index in [1.165, 1.54) is 25.7 Å². The maximum atomic E-state index is 4.29. The zero-order chi connectivity index (χ0) is 11.6. The minimum atomic E-state index is 0.334. The van der Waals surface area contributed by atoms with Crippen molar-refractivity contribution in [3.63, 3.8) is 0 Å². The van der Waals surface area contributed by atoms with Crippen LogP contribution in [0.2, 0.25) is 0 Å². The third-order valence-electron chi connectivity index (χ3n) is 3.75. The average molecular weight is 221 g/mol. The third kappa shape index (κ3) is 2.85. The van der Waals surface area contributed by atoms with Crippen LogP contribution >= 0.6 is 0 Å². The number of aromatic nitrogens is 2. The van der Waals surface area contributed by atoms with Gasteiger partial charge in [-0.05, 0) is 38.0 Å². The Morgan fingerprint density at radius 2 is 2.12 bits per heavy atom. The molecule has 3 nitrogen and oxygen atoms in total. The topological polar surface area (TPSA) is 40.7 Å². The second-order valence-corrected chi connectivity index (χ2v) is 5.80. The Labute approximate surface area is 98.1 Å². The summed E-state index contributed by atoms with van der Waals surface area (Å²) >= 11 is 0. The Kier molecular flexibility index (Phi) is 3.33. The number of aromatic amines is 1. The van der Waals surface area contributed by atoms with Gasteiger partial charge in [-0.25, -0.2) is 4.98 Å². The molecule has 0 radical (unpaired) electrons. The molecule has 1 atom stereocenters. The molecular formula is C13H23N3. The molecule has 1 heterocycles. The molecule has 0 amide bonds. The molecule has 0 aromatic carbocycles. The van der Waals surface area contributed by atoms with Crippen molar-refractivity contribution in [3.05, 3.63) is 18.2 Å². The summed E-state index contributed by atoms with van der Waals surface area (Å²) in [5, 5.41) is 3.67. The van der Waals surface area contributed by atoms with Gasteiger partial charge in [0.15, 0.2) is 0 Å². The Bertz CT molecular complexity index is 306. The number of H-pyrrole nitrogens is 1. The molecule has 2 rings (SSSR count). The SMILES string of the molecule is CC(NC1CCC(C)(C)CC1)c1ncc[nH]1. The van der Waals surface area contributed by atoms with Crippen molar-refractivity contribution >= 4 is 0 Å². The van der Waals surface area contributed by atoms with Crippen molar-refractivity contribution < 1.29 is 0 Å². The van der Waals surface area contributed by atoms with E-state index in [0.717, 1.165) is 5.82 Å². The fourth-order valence-corrected chi connectivity index (χ4v) is 2.51. The number of rotatable bonds is 3. The molecule has 0 aliphatic heterocycles. The lowest BCUT2D eigenvalue weighted by Crippen LogP contribution is -2.37. The number of hydrogen-bond acceptors (Lipinski definition) is 2. The van der Waals surface area contributed by atoms with Gasteiger partial charge in [-0.1, -0.05) is 13.8 Å². The van der Waals surface area contributed by atoms with Crippen LogP contribution < -0.4 is 5.32 Å². The van der Waals surface area contributed by atoms with Gasteiger partial charge in [0.1, 0.15) is 5.82 Å². The van der Waals surface area contributed by atoms with E-state index in [1.807, 2.05) is 12.4 Å². The summed E-state index contributed by atoms with van der Waals surface area (Å²) in [5.74, 6) is 1.05. The molecule has 1 aromatic heterocycles. The van der Waals surface area contributed by atoms with Crippen LogP contribution in [0.25, 0.3) is 0 Å². The normalized spacial score (nSPS) is 23.2. The van der Waals surface area contributed by atoms with Gasteiger partial charge in [0, 0.05) is 18.4 Å². The highest BCUT2D eigenvalue weighted by molar-refractivity contribution is 4.95. The summed E-state index contributed by atoms with van der Waals surface area (Å²) in [6.07, 6.45) is 8.94. The minimum absolute atomic E-state index is 0.334. The predicted octanol–water partition coefficient (Wildman–Crippen LogP) is 3.03. The van der Waals surface area contributed by atoms with Gasteiger partial charge >= 0.3 is 0 Å². The van der Waals surface area contributed by atoms with E-state index in [2.05, 4.69) is 36.1 Å². The third-order valence-corrected chi connectivity index (χ3v) is 3.75. The molecule has 1 saturated carbocycles. The number of hydrogen-bond donors (Lipinski definition) is 2.